The summed E-state index contributed by atoms with van der Waals surface area (Å²) in [5.74, 6) is 0. The lowest BCUT2D eigenvalue weighted by Gasteiger charge is -2.07. The van der Waals surface area contributed by atoms with Gasteiger partial charge in [0.25, 0.3) is 10.0 Å². The second kappa shape index (κ2) is 8.99. The Morgan fingerprint density at radius 2 is 1.75 bits per heavy atom. The van der Waals surface area contributed by atoms with E-state index in [0.717, 1.165) is 30.4 Å². The Labute approximate surface area is 175 Å². The van der Waals surface area contributed by atoms with Crippen molar-refractivity contribution in [1.82, 2.24) is 9.78 Å². The molecule has 8 heteroatoms. The third-order valence-electron chi connectivity index (χ3n) is 4.27. The van der Waals surface area contributed by atoms with Gasteiger partial charge in [-0.25, -0.2) is 8.42 Å². The first-order valence-corrected chi connectivity index (χ1v) is 11.2. The van der Waals surface area contributed by atoms with Crippen LogP contribution in [0.5, 0.6) is 0 Å². The van der Waals surface area contributed by atoms with Crippen LogP contribution in [0.15, 0.2) is 59.8 Å². The number of benzene rings is 2. The number of hydrogen-bond acceptors (Lipinski definition) is 3. The van der Waals surface area contributed by atoms with E-state index in [-0.39, 0.29) is 4.90 Å². The van der Waals surface area contributed by atoms with E-state index in [0.29, 0.717) is 22.3 Å². The third-order valence-corrected chi connectivity index (χ3v) is 6.40. The Morgan fingerprint density at radius 3 is 2.43 bits per heavy atom. The van der Waals surface area contributed by atoms with E-state index in [4.69, 9.17) is 23.2 Å². The van der Waals surface area contributed by atoms with E-state index in [2.05, 4.69) is 16.7 Å². The summed E-state index contributed by atoms with van der Waals surface area (Å²) in [6, 6.07) is 12.3. The number of aromatic nitrogens is 2. The second-order valence-corrected chi connectivity index (χ2v) is 9.02. The zero-order valence-corrected chi connectivity index (χ0v) is 17.7. The monoisotopic (exact) mass is 437 g/mol. The highest BCUT2D eigenvalue weighted by Gasteiger charge is 2.15. The lowest BCUT2D eigenvalue weighted by Crippen LogP contribution is -2.12. The quantitative estimate of drug-likeness (QED) is 0.514. The van der Waals surface area contributed by atoms with E-state index in [9.17, 15) is 8.42 Å². The minimum atomic E-state index is -3.66. The summed E-state index contributed by atoms with van der Waals surface area (Å²) in [7, 11) is -3.66. The largest absolute Gasteiger partial charge is 0.276 e. The Balaban J connectivity index is 1.68. The van der Waals surface area contributed by atoms with Gasteiger partial charge in [0, 0.05) is 6.20 Å². The molecule has 3 rings (SSSR count). The molecule has 0 saturated carbocycles. The average Bonchev–Trinajstić information content (AvgIpc) is 3.09. The summed E-state index contributed by atoms with van der Waals surface area (Å²) in [4.78, 5) is 0.227. The number of sulfonamides is 1. The van der Waals surface area contributed by atoms with Gasteiger partial charge in [-0.05, 0) is 48.2 Å². The molecule has 0 fully saturated rings. The molecular weight excluding hydrogens is 417 g/mol. The first-order valence-electron chi connectivity index (χ1n) is 8.95. The number of anilines is 1. The smallest absolute Gasteiger partial charge is 0.261 e. The Hall–Kier alpha value is -2.02. The third kappa shape index (κ3) is 5.28. The van der Waals surface area contributed by atoms with Crippen LogP contribution in [0.3, 0.4) is 0 Å². The van der Waals surface area contributed by atoms with Crippen molar-refractivity contribution in [3.05, 3.63) is 76.0 Å². The molecule has 1 aromatic heterocycles. The van der Waals surface area contributed by atoms with Gasteiger partial charge in [-0.1, -0.05) is 54.7 Å². The fourth-order valence-electron chi connectivity index (χ4n) is 2.76. The Kier molecular flexibility index (Phi) is 6.65. The molecule has 0 bridgehead atoms. The van der Waals surface area contributed by atoms with Crippen molar-refractivity contribution in [2.24, 2.45) is 0 Å². The van der Waals surface area contributed by atoms with Gasteiger partial charge in [-0.15, -0.1) is 0 Å². The molecule has 0 spiro atoms. The minimum absolute atomic E-state index is 0.227. The van der Waals surface area contributed by atoms with Crippen LogP contribution >= 0.6 is 23.2 Å². The Morgan fingerprint density at radius 1 is 1.04 bits per heavy atom. The number of rotatable bonds is 8. The fourth-order valence-corrected chi connectivity index (χ4v) is 4.11. The first kappa shape index (κ1) is 20.7. The molecule has 0 amide bonds. The molecule has 5 nitrogen and oxygen atoms in total. The minimum Gasteiger partial charge on any atom is -0.276 e. The SMILES string of the molecule is CCCCc1ccc(S(=O)(=O)Nc2cnn(Cc3ccc(Cl)c(Cl)c3)c2)cc1. The van der Waals surface area contributed by atoms with Crippen LogP contribution in [0.25, 0.3) is 0 Å². The van der Waals surface area contributed by atoms with Crippen LogP contribution in [-0.4, -0.2) is 18.2 Å². The highest BCUT2D eigenvalue weighted by atomic mass is 35.5. The standard InChI is InChI=1S/C20H21Cl2N3O2S/c1-2-3-4-15-5-8-18(9-6-15)28(26,27)24-17-12-23-25(14-17)13-16-7-10-19(21)20(22)11-16/h5-12,14,24H,2-4,13H2,1H3. The van der Waals surface area contributed by atoms with E-state index in [1.807, 2.05) is 18.2 Å². The van der Waals surface area contributed by atoms with Gasteiger partial charge >= 0.3 is 0 Å². The molecule has 0 unspecified atom stereocenters. The zero-order valence-electron chi connectivity index (χ0n) is 15.4. The fraction of sp³-hybridized carbons (Fsp3) is 0.250. The molecular formula is C20H21Cl2N3O2S. The molecule has 1 N–H and O–H groups in total. The van der Waals surface area contributed by atoms with E-state index in [1.165, 1.54) is 6.20 Å². The van der Waals surface area contributed by atoms with Crippen molar-refractivity contribution in [1.29, 1.82) is 0 Å². The Bertz CT molecular complexity index is 1050. The molecule has 28 heavy (non-hydrogen) atoms. The molecule has 0 atom stereocenters. The van der Waals surface area contributed by atoms with Gasteiger partial charge in [-0.2, -0.15) is 5.10 Å². The van der Waals surface area contributed by atoms with Crippen molar-refractivity contribution in [3.63, 3.8) is 0 Å². The van der Waals surface area contributed by atoms with Crippen molar-refractivity contribution in [2.75, 3.05) is 4.72 Å². The molecule has 0 radical (unpaired) electrons. The number of nitrogens with zero attached hydrogens (tertiary/aromatic N) is 2. The van der Waals surface area contributed by atoms with Gasteiger partial charge in [0.2, 0.25) is 0 Å². The van der Waals surface area contributed by atoms with Gasteiger partial charge in [0.05, 0.1) is 33.4 Å². The lowest BCUT2D eigenvalue weighted by atomic mass is 10.1. The number of unbranched alkanes of at least 4 members (excludes halogenated alkanes) is 1. The topological polar surface area (TPSA) is 64.0 Å². The highest BCUT2D eigenvalue weighted by molar-refractivity contribution is 7.92. The summed E-state index contributed by atoms with van der Waals surface area (Å²) < 4.78 is 29.4. The van der Waals surface area contributed by atoms with Crippen LogP contribution in [-0.2, 0) is 23.0 Å². The van der Waals surface area contributed by atoms with Crippen LogP contribution < -0.4 is 4.72 Å². The summed E-state index contributed by atoms with van der Waals surface area (Å²) in [5, 5.41) is 5.16. The van der Waals surface area contributed by atoms with E-state index < -0.39 is 10.0 Å². The molecule has 3 aromatic rings. The van der Waals surface area contributed by atoms with Gasteiger partial charge in [0.15, 0.2) is 0 Å². The summed E-state index contributed by atoms with van der Waals surface area (Å²) in [6.45, 7) is 2.58. The summed E-state index contributed by atoms with van der Waals surface area (Å²) in [5.41, 5.74) is 2.44. The van der Waals surface area contributed by atoms with Crippen LogP contribution in [0.4, 0.5) is 5.69 Å². The number of aryl methyl sites for hydroxylation is 1. The summed E-state index contributed by atoms with van der Waals surface area (Å²) >= 11 is 11.9. The first-order chi connectivity index (χ1) is 13.4. The number of hydrogen-bond donors (Lipinski definition) is 1. The van der Waals surface area contributed by atoms with Crippen LogP contribution in [0.2, 0.25) is 10.0 Å². The van der Waals surface area contributed by atoms with Crippen LogP contribution in [0, 0.1) is 0 Å². The highest BCUT2D eigenvalue weighted by Crippen LogP contribution is 2.23. The van der Waals surface area contributed by atoms with Crippen molar-refractivity contribution in [3.8, 4) is 0 Å². The average molecular weight is 438 g/mol. The molecule has 0 aliphatic heterocycles. The maximum absolute atomic E-state index is 12.6. The summed E-state index contributed by atoms with van der Waals surface area (Å²) in [6.07, 6.45) is 6.25. The second-order valence-electron chi connectivity index (χ2n) is 6.53. The molecule has 0 aliphatic rings. The zero-order chi connectivity index (χ0) is 20.1. The molecule has 0 saturated heterocycles. The van der Waals surface area contributed by atoms with Crippen LogP contribution in [0.1, 0.15) is 30.9 Å². The van der Waals surface area contributed by atoms with Crippen molar-refractivity contribution >= 4 is 38.9 Å². The molecule has 0 aliphatic carbocycles. The van der Waals surface area contributed by atoms with Gasteiger partial charge in [-0.3, -0.25) is 9.40 Å². The van der Waals surface area contributed by atoms with Gasteiger partial charge in [0.1, 0.15) is 0 Å². The van der Waals surface area contributed by atoms with E-state index >= 15 is 0 Å². The van der Waals surface area contributed by atoms with E-state index in [1.54, 1.807) is 35.1 Å². The normalized spacial score (nSPS) is 11.5. The maximum atomic E-state index is 12.6. The molecule has 2 aromatic carbocycles. The molecule has 148 valence electrons. The van der Waals surface area contributed by atoms with Crippen molar-refractivity contribution in [2.45, 2.75) is 37.6 Å². The number of nitrogens with one attached hydrogen (secondary N) is 1. The lowest BCUT2D eigenvalue weighted by molar-refractivity contribution is 0.601. The van der Waals surface area contributed by atoms with Crippen molar-refractivity contribution < 1.29 is 8.42 Å². The molecule has 1 heterocycles. The predicted molar refractivity (Wildman–Crippen MR) is 114 cm³/mol. The predicted octanol–water partition coefficient (Wildman–Crippen LogP) is 5.38. The van der Waals surface area contributed by atoms with Gasteiger partial charge < -0.3 is 0 Å². The maximum Gasteiger partial charge on any atom is 0.261 e. The number of halogens is 2.